The molecule has 8 nitrogen and oxygen atoms in total. The predicted octanol–water partition coefficient (Wildman–Crippen LogP) is 3.34. The quantitative estimate of drug-likeness (QED) is 0.271. The zero-order valence-electron chi connectivity index (χ0n) is 18.5. The smallest absolute Gasteiger partial charge is 0.301 e. The molecule has 0 aliphatic rings. The van der Waals surface area contributed by atoms with Crippen LogP contribution in [-0.4, -0.2) is 28.7 Å². The number of nitrogens with zero attached hydrogens (tertiary/aromatic N) is 6. The van der Waals surface area contributed by atoms with E-state index in [1.807, 2.05) is 54.6 Å². The lowest BCUT2D eigenvalue weighted by molar-refractivity contribution is 0.634. The molecule has 0 unspecified atom stereocenters. The van der Waals surface area contributed by atoms with Crippen molar-refractivity contribution in [2.75, 3.05) is 0 Å². The van der Waals surface area contributed by atoms with Crippen molar-refractivity contribution in [2.24, 2.45) is 7.05 Å². The molecule has 0 N–H and O–H groups in total. The molecule has 0 amide bonds. The molecule has 0 atom stereocenters. The average Bonchev–Trinajstić information content (AvgIpc) is 3.20. The maximum Gasteiger partial charge on any atom is 0.332 e. The molecule has 0 radical (unpaired) electrons. The van der Waals surface area contributed by atoms with Crippen molar-refractivity contribution in [3.8, 4) is 23.1 Å². The minimum Gasteiger partial charge on any atom is -0.301 e. The lowest BCUT2D eigenvalue weighted by Crippen LogP contribution is -2.40. The van der Waals surface area contributed by atoms with Gasteiger partial charge in [0.05, 0.1) is 24.3 Å². The summed E-state index contributed by atoms with van der Waals surface area (Å²) in [6, 6.07) is 17.5. The first kappa shape index (κ1) is 21.8. The van der Waals surface area contributed by atoms with Gasteiger partial charge in [-0.3, -0.25) is 13.9 Å². The first-order valence-electron chi connectivity index (χ1n) is 10.6. The second-order valence-electron chi connectivity index (χ2n) is 7.67. The van der Waals surface area contributed by atoms with E-state index in [1.165, 1.54) is 4.57 Å². The van der Waals surface area contributed by atoms with E-state index in [0.717, 1.165) is 26.7 Å². The van der Waals surface area contributed by atoms with Gasteiger partial charge in [-0.2, -0.15) is 0 Å². The summed E-state index contributed by atoms with van der Waals surface area (Å²) in [6.07, 6.45) is 0. The Morgan fingerprint density at radius 1 is 0.941 bits per heavy atom. The zero-order chi connectivity index (χ0) is 23.8. The number of para-hydroxylation sites is 1. The molecular weight excluding hydrogens is 496 g/mol. The van der Waals surface area contributed by atoms with E-state index in [2.05, 4.69) is 37.7 Å². The van der Waals surface area contributed by atoms with Gasteiger partial charge in [-0.1, -0.05) is 54.5 Å². The number of benzene rings is 2. The molecule has 5 rings (SSSR count). The van der Waals surface area contributed by atoms with Crippen LogP contribution >= 0.6 is 15.9 Å². The number of rotatable bonds is 4. The minimum atomic E-state index is -0.491. The summed E-state index contributed by atoms with van der Waals surface area (Å²) in [7, 11) is 1.59. The Bertz CT molecular complexity index is 1740. The van der Waals surface area contributed by atoms with Gasteiger partial charge in [0.1, 0.15) is 5.82 Å². The fourth-order valence-corrected chi connectivity index (χ4v) is 4.41. The molecule has 168 valence electrons. The molecule has 2 aromatic carbocycles. The van der Waals surface area contributed by atoms with E-state index in [9.17, 15) is 9.59 Å². The lowest BCUT2D eigenvalue weighted by Gasteiger charge is -2.11. The third-order valence-electron chi connectivity index (χ3n) is 5.60. The van der Waals surface area contributed by atoms with Crippen molar-refractivity contribution in [3.63, 3.8) is 0 Å². The fourth-order valence-electron chi connectivity index (χ4n) is 3.94. The van der Waals surface area contributed by atoms with Gasteiger partial charge < -0.3 is 4.57 Å². The Morgan fingerprint density at radius 2 is 1.68 bits per heavy atom. The minimum absolute atomic E-state index is 0.0750. The first-order chi connectivity index (χ1) is 16.5. The van der Waals surface area contributed by atoms with E-state index in [0.29, 0.717) is 21.7 Å². The Hall–Kier alpha value is -4.03. The van der Waals surface area contributed by atoms with Gasteiger partial charge in [-0.15, -0.1) is 5.92 Å². The summed E-state index contributed by atoms with van der Waals surface area (Å²) in [5, 5.41) is 0.897. The summed E-state index contributed by atoms with van der Waals surface area (Å²) in [4.78, 5) is 40.4. The van der Waals surface area contributed by atoms with Gasteiger partial charge in [-0.05, 0) is 28.9 Å². The van der Waals surface area contributed by atoms with Crippen LogP contribution in [-0.2, 0) is 20.1 Å². The Balaban J connectivity index is 1.72. The molecule has 3 aromatic heterocycles. The average molecular weight is 515 g/mol. The SMILES string of the molecule is CC#CCn1c(Br)nc2c1c(=O)n(Cc1nc(-c3ccccc3)c3ccccc3n1)c(=O)n2C. The largest absolute Gasteiger partial charge is 0.332 e. The highest BCUT2D eigenvalue weighted by Crippen LogP contribution is 2.26. The lowest BCUT2D eigenvalue weighted by atomic mass is 10.1. The highest BCUT2D eigenvalue weighted by Gasteiger charge is 2.20. The fraction of sp³-hybridized carbons (Fsp3) is 0.160. The molecule has 5 aromatic rings. The van der Waals surface area contributed by atoms with Crippen molar-refractivity contribution in [1.82, 2.24) is 28.7 Å². The third kappa shape index (κ3) is 3.62. The van der Waals surface area contributed by atoms with Gasteiger partial charge in [-0.25, -0.2) is 19.7 Å². The molecule has 0 spiro atoms. The zero-order valence-corrected chi connectivity index (χ0v) is 20.1. The Morgan fingerprint density at radius 3 is 2.44 bits per heavy atom. The Labute approximate surface area is 202 Å². The van der Waals surface area contributed by atoms with Gasteiger partial charge in [0.2, 0.25) is 0 Å². The number of hydrogen-bond acceptors (Lipinski definition) is 5. The van der Waals surface area contributed by atoms with Crippen molar-refractivity contribution in [2.45, 2.75) is 20.0 Å². The molecule has 0 bridgehead atoms. The van der Waals surface area contributed by atoms with Gasteiger partial charge in [0.25, 0.3) is 5.56 Å². The van der Waals surface area contributed by atoms with Crippen molar-refractivity contribution in [1.29, 1.82) is 0 Å². The number of fused-ring (bicyclic) bond motifs is 2. The van der Waals surface area contributed by atoms with Crippen LogP contribution in [0.5, 0.6) is 0 Å². The highest BCUT2D eigenvalue weighted by atomic mass is 79.9. The number of halogens is 1. The maximum absolute atomic E-state index is 13.5. The van der Waals surface area contributed by atoms with Gasteiger partial charge >= 0.3 is 5.69 Å². The van der Waals surface area contributed by atoms with Crippen molar-refractivity contribution < 1.29 is 0 Å². The second kappa shape index (κ2) is 8.72. The van der Waals surface area contributed by atoms with E-state index >= 15 is 0 Å². The number of imidazole rings is 1. The van der Waals surface area contributed by atoms with Crippen LogP contribution in [0.4, 0.5) is 0 Å². The molecule has 0 aliphatic carbocycles. The Kier molecular flexibility index (Phi) is 5.59. The molecule has 0 saturated heterocycles. The summed E-state index contributed by atoms with van der Waals surface area (Å²) in [5.74, 6) is 6.13. The first-order valence-corrected chi connectivity index (χ1v) is 11.3. The number of aromatic nitrogens is 6. The maximum atomic E-state index is 13.5. The topological polar surface area (TPSA) is 87.6 Å². The standard InChI is InChI=1S/C25H19BrN6O2/c1-3-4-14-31-21-22(29-24(31)26)30(2)25(34)32(23(21)33)15-19-27-18-13-9-8-12-17(18)20(28-19)16-10-6-5-7-11-16/h5-13H,14-15H2,1-2H3. The van der Waals surface area contributed by atoms with E-state index in [-0.39, 0.29) is 13.1 Å². The summed E-state index contributed by atoms with van der Waals surface area (Å²) < 4.78 is 4.59. The van der Waals surface area contributed by atoms with Crippen LogP contribution in [0, 0.1) is 11.8 Å². The van der Waals surface area contributed by atoms with Gasteiger partial charge in [0, 0.05) is 18.0 Å². The summed E-state index contributed by atoms with van der Waals surface area (Å²) in [6.45, 7) is 1.92. The molecule has 0 saturated carbocycles. The van der Waals surface area contributed by atoms with Gasteiger partial charge in [0.15, 0.2) is 15.9 Å². The molecular formula is C25H19BrN6O2. The monoisotopic (exact) mass is 514 g/mol. The molecule has 0 fully saturated rings. The van der Waals surface area contributed by atoms with E-state index < -0.39 is 11.2 Å². The number of hydrogen-bond donors (Lipinski definition) is 0. The second-order valence-corrected chi connectivity index (χ2v) is 8.38. The van der Waals surface area contributed by atoms with Crippen molar-refractivity contribution >= 4 is 38.0 Å². The number of aryl methyl sites for hydroxylation is 1. The van der Waals surface area contributed by atoms with Crippen LogP contribution in [0.15, 0.2) is 68.9 Å². The molecule has 0 aliphatic heterocycles. The molecule has 34 heavy (non-hydrogen) atoms. The highest BCUT2D eigenvalue weighted by molar-refractivity contribution is 9.10. The molecule has 3 heterocycles. The van der Waals surface area contributed by atoms with E-state index in [4.69, 9.17) is 4.98 Å². The van der Waals surface area contributed by atoms with Crippen LogP contribution in [0.1, 0.15) is 12.7 Å². The van der Waals surface area contributed by atoms with Crippen molar-refractivity contribution in [3.05, 3.63) is 86.0 Å². The predicted molar refractivity (Wildman–Crippen MR) is 134 cm³/mol. The van der Waals surface area contributed by atoms with Crippen LogP contribution in [0.2, 0.25) is 0 Å². The van der Waals surface area contributed by atoms with Crippen LogP contribution < -0.4 is 11.2 Å². The summed E-state index contributed by atoms with van der Waals surface area (Å²) >= 11 is 3.38. The molecule has 9 heteroatoms. The van der Waals surface area contributed by atoms with E-state index in [1.54, 1.807) is 18.5 Å². The normalized spacial score (nSPS) is 11.0. The van der Waals surface area contributed by atoms with Crippen LogP contribution in [0.25, 0.3) is 33.3 Å². The third-order valence-corrected chi connectivity index (χ3v) is 6.20. The van der Waals surface area contributed by atoms with Crippen LogP contribution in [0.3, 0.4) is 0 Å². The summed E-state index contributed by atoms with van der Waals surface area (Å²) in [5.41, 5.74) is 2.04.